The predicted octanol–water partition coefficient (Wildman–Crippen LogP) is 0.766. The van der Waals surface area contributed by atoms with Crippen molar-refractivity contribution in [2.45, 2.75) is 0 Å². The van der Waals surface area contributed by atoms with E-state index in [0.29, 0.717) is 0 Å². The van der Waals surface area contributed by atoms with Gasteiger partial charge in [-0.3, -0.25) is 0 Å². The monoisotopic (exact) mass is 121 g/mol. The second kappa shape index (κ2) is 19.7. The van der Waals surface area contributed by atoms with Crippen LogP contribution in [-0.2, 0) is 25.7 Å². The summed E-state index contributed by atoms with van der Waals surface area (Å²) in [5.41, 5.74) is 0. The summed E-state index contributed by atoms with van der Waals surface area (Å²) in [5, 5.41) is 0. The molecular formula is C3H5O2Ti. The Bertz CT molecular complexity index is 53.8. The van der Waals surface area contributed by atoms with Crippen LogP contribution in [0.2, 0.25) is 0 Å². The van der Waals surface area contributed by atoms with E-state index in [-0.39, 0.29) is 0 Å². The fourth-order valence-corrected chi connectivity index (χ4v) is 0. The van der Waals surface area contributed by atoms with Crippen molar-refractivity contribution < 1.29 is 25.7 Å². The molecule has 2 nitrogen and oxygen atoms in total. The molecule has 33 valence electrons. The van der Waals surface area contributed by atoms with Gasteiger partial charge in [0.05, 0.1) is 0 Å². The number of hydrogen-bond donors (Lipinski definition) is 0. The van der Waals surface area contributed by atoms with Gasteiger partial charge in [-0.1, -0.05) is 6.08 Å². The Morgan fingerprint density at radius 1 is 1.50 bits per heavy atom. The maximum absolute atomic E-state index is 8.50. The van der Waals surface area contributed by atoms with Crippen molar-refractivity contribution in [1.82, 2.24) is 0 Å². The van der Waals surface area contributed by atoms with Gasteiger partial charge < -0.3 is 0 Å². The summed E-state index contributed by atoms with van der Waals surface area (Å²) >= 11 is -2.00. The third-order valence-electron chi connectivity index (χ3n) is 0. The van der Waals surface area contributed by atoms with Crippen molar-refractivity contribution >= 4 is 0 Å². The van der Waals surface area contributed by atoms with Crippen LogP contribution in [0, 0.1) is 6.92 Å². The topological polar surface area (TPSA) is 34.1 Å². The molecule has 6 heavy (non-hydrogen) atoms. The molecule has 0 unspecified atom stereocenters. The third kappa shape index (κ3) is 12800. The molecule has 0 saturated heterocycles. The Labute approximate surface area is 45.8 Å². The first-order valence-corrected chi connectivity index (χ1v) is 2.50. The van der Waals surface area contributed by atoms with Gasteiger partial charge in [0.25, 0.3) is 0 Å². The molecule has 0 amide bonds. The van der Waals surface area contributed by atoms with Gasteiger partial charge in [-0.05, 0) is 6.92 Å². The van der Waals surface area contributed by atoms with E-state index in [9.17, 15) is 0 Å². The standard InChI is InChI=1S/C3H5.2O.Ti/c1-3-2;;;/h3H,1-2H2;;;. The van der Waals surface area contributed by atoms with Crippen LogP contribution in [0.3, 0.4) is 0 Å². The summed E-state index contributed by atoms with van der Waals surface area (Å²) in [6, 6.07) is 0. The van der Waals surface area contributed by atoms with Crippen molar-refractivity contribution in [3.8, 4) is 0 Å². The third-order valence-corrected chi connectivity index (χ3v) is 0. The fraction of sp³-hybridized carbons (Fsp3) is 0. The zero-order valence-corrected chi connectivity index (χ0v) is 4.87. The number of allylic oxidation sites excluding steroid dienone is 1. The Morgan fingerprint density at radius 2 is 1.50 bits per heavy atom. The molecule has 0 fully saturated rings. The van der Waals surface area contributed by atoms with Crippen LogP contribution in [-0.4, -0.2) is 0 Å². The maximum atomic E-state index is 8.50. The van der Waals surface area contributed by atoms with E-state index in [2.05, 4.69) is 13.5 Å². The molecule has 0 aliphatic carbocycles. The van der Waals surface area contributed by atoms with Crippen molar-refractivity contribution in [1.29, 1.82) is 0 Å². The minimum absolute atomic E-state index is 1.50. The van der Waals surface area contributed by atoms with Gasteiger partial charge in [0.2, 0.25) is 0 Å². The van der Waals surface area contributed by atoms with E-state index in [1.807, 2.05) is 0 Å². The molecule has 0 heterocycles. The van der Waals surface area contributed by atoms with Gasteiger partial charge in [0.15, 0.2) is 0 Å². The van der Waals surface area contributed by atoms with Gasteiger partial charge in [-0.2, -0.15) is 0 Å². The summed E-state index contributed by atoms with van der Waals surface area (Å²) in [6.45, 7) is 6.50. The molecule has 0 saturated carbocycles. The summed E-state index contributed by atoms with van der Waals surface area (Å²) in [6.07, 6.45) is 1.50. The summed E-state index contributed by atoms with van der Waals surface area (Å²) in [7, 11) is 0. The second-order valence-corrected chi connectivity index (χ2v) is 0.632. The molecule has 0 N–H and O–H groups in total. The molecule has 0 aliphatic heterocycles. The van der Waals surface area contributed by atoms with Crippen LogP contribution < -0.4 is 0 Å². The van der Waals surface area contributed by atoms with Crippen molar-refractivity contribution in [3.63, 3.8) is 0 Å². The van der Waals surface area contributed by atoms with E-state index in [4.69, 9.17) is 6.65 Å². The first-order chi connectivity index (χ1) is 2.83. The first kappa shape index (κ1) is 9.41. The normalized spacial score (nSPS) is 3.50. The molecule has 0 rings (SSSR count). The van der Waals surface area contributed by atoms with Crippen LogP contribution >= 0.6 is 0 Å². The molecule has 0 aromatic carbocycles. The van der Waals surface area contributed by atoms with Crippen molar-refractivity contribution in [3.05, 3.63) is 19.6 Å². The van der Waals surface area contributed by atoms with E-state index < -0.39 is 19.1 Å². The molecule has 0 aliphatic rings. The van der Waals surface area contributed by atoms with Crippen LogP contribution in [0.1, 0.15) is 0 Å². The van der Waals surface area contributed by atoms with Gasteiger partial charge in [-0.15, -0.1) is 6.58 Å². The summed E-state index contributed by atoms with van der Waals surface area (Å²) in [5.74, 6) is 0. The summed E-state index contributed by atoms with van der Waals surface area (Å²) < 4.78 is 17.0. The molecule has 0 aromatic heterocycles. The average Bonchev–Trinajstić information content (AvgIpc) is 1.39. The SMILES string of the molecule is [CH2]C=C.[O]=[Ti]=[O]. The Morgan fingerprint density at radius 3 is 1.50 bits per heavy atom. The predicted molar refractivity (Wildman–Crippen MR) is 16.9 cm³/mol. The molecule has 0 spiro atoms. The van der Waals surface area contributed by atoms with Gasteiger partial charge in [0, 0.05) is 0 Å². The molecule has 0 bridgehead atoms. The Balaban J connectivity index is 0. The molecule has 0 atom stereocenters. The van der Waals surface area contributed by atoms with Crippen molar-refractivity contribution in [2.75, 3.05) is 0 Å². The summed E-state index contributed by atoms with van der Waals surface area (Å²) in [4.78, 5) is 0. The van der Waals surface area contributed by atoms with Gasteiger partial charge >= 0.3 is 25.7 Å². The zero-order chi connectivity index (χ0) is 5.41. The Hall–Kier alpha value is 0.0543. The molecule has 3 heteroatoms. The average molecular weight is 121 g/mol. The van der Waals surface area contributed by atoms with Crippen LogP contribution in [0.25, 0.3) is 0 Å². The minimum atomic E-state index is -2.00. The van der Waals surface area contributed by atoms with E-state index >= 15 is 0 Å². The van der Waals surface area contributed by atoms with Crippen LogP contribution in [0.15, 0.2) is 12.7 Å². The van der Waals surface area contributed by atoms with E-state index in [0.717, 1.165) is 0 Å². The zero-order valence-electron chi connectivity index (χ0n) is 3.31. The van der Waals surface area contributed by atoms with E-state index in [1.165, 1.54) is 6.08 Å². The molecular weight excluding hydrogens is 116 g/mol. The molecule has 0 aromatic rings. The second-order valence-electron chi connectivity index (χ2n) is 0.372. The van der Waals surface area contributed by atoms with Crippen LogP contribution in [0.4, 0.5) is 0 Å². The fourth-order valence-electron chi connectivity index (χ4n) is 0. The van der Waals surface area contributed by atoms with Gasteiger partial charge in [0.1, 0.15) is 0 Å². The van der Waals surface area contributed by atoms with Crippen molar-refractivity contribution in [2.24, 2.45) is 0 Å². The number of rotatable bonds is 0. The Kier molecular flexibility index (Phi) is 30.9. The van der Waals surface area contributed by atoms with Crippen LogP contribution in [0.5, 0.6) is 0 Å². The van der Waals surface area contributed by atoms with Gasteiger partial charge in [-0.25, -0.2) is 0 Å². The quantitative estimate of drug-likeness (QED) is 0.443. The molecule has 1 radical (unpaired) electrons. The first-order valence-electron chi connectivity index (χ1n) is 1.22. The van der Waals surface area contributed by atoms with E-state index in [1.54, 1.807) is 0 Å². The number of hydrogen-bond acceptors (Lipinski definition) is 2.